The van der Waals surface area contributed by atoms with Gasteiger partial charge in [0.2, 0.25) is 5.91 Å². The Balaban J connectivity index is 1.94. The Hall–Kier alpha value is -2.96. The normalized spacial score (nSPS) is 16.9. The van der Waals surface area contributed by atoms with Crippen molar-refractivity contribution in [2.75, 3.05) is 7.11 Å². The van der Waals surface area contributed by atoms with Gasteiger partial charge in [-0.2, -0.15) is 0 Å². The summed E-state index contributed by atoms with van der Waals surface area (Å²) in [6, 6.07) is 6.31. The number of benzene rings is 1. The van der Waals surface area contributed by atoms with Crippen LogP contribution in [0.25, 0.3) is 5.65 Å². The Bertz CT molecular complexity index is 1010. The molecule has 1 N–H and O–H groups in total. The number of imidazole rings is 1. The molecule has 0 saturated heterocycles. The summed E-state index contributed by atoms with van der Waals surface area (Å²) in [6.07, 6.45) is 1.95. The summed E-state index contributed by atoms with van der Waals surface area (Å²) < 4.78 is 35.1. The van der Waals surface area contributed by atoms with E-state index in [0.29, 0.717) is 11.3 Å². The van der Waals surface area contributed by atoms with E-state index in [9.17, 15) is 13.6 Å². The van der Waals surface area contributed by atoms with Crippen molar-refractivity contribution in [2.45, 2.75) is 25.8 Å². The number of nitrogens with one attached hydrogen (secondary N) is 1. The van der Waals surface area contributed by atoms with Crippen molar-refractivity contribution in [3.8, 4) is 5.75 Å². The molecule has 1 aromatic carbocycles. The van der Waals surface area contributed by atoms with Crippen LogP contribution >= 0.6 is 0 Å². The van der Waals surface area contributed by atoms with Gasteiger partial charge < -0.3 is 14.5 Å². The average Bonchev–Trinajstić information content (AvgIpc) is 2.86. The van der Waals surface area contributed by atoms with Crippen LogP contribution < -0.4 is 10.1 Å². The highest BCUT2D eigenvalue weighted by atomic mass is 19.1. The van der Waals surface area contributed by atoms with Gasteiger partial charge >= 0.3 is 0 Å². The maximum atomic E-state index is 14.2. The molecule has 4 rings (SSSR count). The number of nitrogens with zero attached hydrogens (tertiary/aromatic N) is 2. The Morgan fingerprint density at radius 3 is 2.69 bits per heavy atom. The average molecular weight is 357 g/mol. The van der Waals surface area contributed by atoms with Crippen molar-refractivity contribution in [3.05, 3.63) is 64.6 Å². The summed E-state index contributed by atoms with van der Waals surface area (Å²) >= 11 is 0. The number of halogens is 2. The SMILES string of the molecule is COc1c(F)cc([C@H]2CC(=O)NCc3nc4cc(C)ccn4c32)cc1F. The van der Waals surface area contributed by atoms with Crippen LogP contribution in [0.4, 0.5) is 8.78 Å². The second-order valence-electron chi connectivity index (χ2n) is 6.43. The molecule has 2 aromatic heterocycles. The van der Waals surface area contributed by atoms with Crippen LogP contribution in [-0.4, -0.2) is 22.4 Å². The topological polar surface area (TPSA) is 55.6 Å². The van der Waals surface area contributed by atoms with Crippen molar-refractivity contribution in [3.63, 3.8) is 0 Å². The van der Waals surface area contributed by atoms with E-state index in [0.717, 1.165) is 16.9 Å². The van der Waals surface area contributed by atoms with E-state index in [-0.39, 0.29) is 18.9 Å². The van der Waals surface area contributed by atoms with E-state index in [2.05, 4.69) is 10.3 Å². The molecule has 3 heterocycles. The molecule has 0 spiro atoms. The fourth-order valence-electron chi connectivity index (χ4n) is 3.50. The number of amides is 1. The molecular formula is C19H17F2N3O2. The number of hydrogen-bond acceptors (Lipinski definition) is 3. The summed E-state index contributed by atoms with van der Waals surface area (Å²) in [6.45, 7) is 2.25. The first-order valence-corrected chi connectivity index (χ1v) is 8.25. The summed E-state index contributed by atoms with van der Waals surface area (Å²) in [5.74, 6) is -2.72. The monoisotopic (exact) mass is 357 g/mol. The van der Waals surface area contributed by atoms with Crippen molar-refractivity contribution < 1.29 is 18.3 Å². The van der Waals surface area contributed by atoms with Crippen LogP contribution in [-0.2, 0) is 11.3 Å². The van der Waals surface area contributed by atoms with Gasteiger partial charge in [-0.3, -0.25) is 4.79 Å². The zero-order chi connectivity index (χ0) is 18.4. The molecule has 7 heteroatoms. The third-order valence-corrected chi connectivity index (χ3v) is 4.69. The van der Waals surface area contributed by atoms with Gasteiger partial charge in [-0.25, -0.2) is 13.8 Å². The molecule has 5 nitrogen and oxygen atoms in total. The van der Waals surface area contributed by atoms with Gasteiger partial charge in [-0.05, 0) is 42.3 Å². The molecule has 0 saturated carbocycles. The molecule has 0 bridgehead atoms. The van der Waals surface area contributed by atoms with Crippen LogP contribution in [0.15, 0.2) is 30.5 Å². The lowest BCUT2D eigenvalue weighted by Gasteiger charge is -2.17. The number of fused-ring (bicyclic) bond motifs is 3. The maximum absolute atomic E-state index is 14.2. The van der Waals surface area contributed by atoms with Gasteiger partial charge in [0.1, 0.15) is 5.65 Å². The molecule has 0 aliphatic carbocycles. The van der Waals surface area contributed by atoms with Gasteiger partial charge in [-0.1, -0.05) is 0 Å². The number of carbonyl (C=O) groups is 1. The third kappa shape index (κ3) is 2.60. The number of ether oxygens (including phenoxy) is 1. The zero-order valence-corrected chi connectivity index (χ0v) is 14.3. The lowest BCUT2D eigenvalue weighted by Crippen LogP contribution is -2.21. The second-order valence-corrected chi connectivity index (χ2v) is 6.43. The molecule has 0 fully saturated rings. The van der Waals surface area contributed by atoms with Crippen molar-refractivity contribution >= 4 is 11.6 Å². The number of aryl methyl sites for hydroxylation is 1. The molecule has 0 radical (unpaired) electrons. The van der Waals surface area contributed by atoms with Gasteiger partial charge in [0.05, 0.1) is 25.0 Å². The number of carbonyl (C=O) groups excluding carboxylic acids is 1. The number of rotatable bonds is 2. The number of methoxy groups -OCH3 is 1. The van der Waals surface area contributed by atoms with Crippen LogP contribution in [0, 0.1) is 18.6 Å². The standard InChI is InChI=1S/C19H17F2N3O2/c1-10-3-4-24-16(5-10)23-15-9-22-17(25)8-12(18(15)24)11-6-13(20)19(26-2)14(21)7-11/h3-7,12H,8-9H2,1-2H3,(H,22,25)/t12-/m1/s1. The molecule has 26 heavy (non-hydrogen) atoms. The molecule has 1 amide bonds. The van der Waals surface area contributed by atoms with Crippen molar-refractivity contribution in [1.29, 1.82) is 0 Å². The Kier molecular flexibility index (Phi) is 3.86. The number of aromatic nitrogens is 2. The molecule has 1 atom stereocenters. The summed E-state index contributed by atoms with van der Waals surface area (Å²) in [5.41, 5.74) is 3.64. The van der Waals surface area contributed by atoms with Crippen LogP contribution in [0.3, 0.4) is 0 Å². The molecule has 0 unspecified atom stereocenters. The number of hydrogen-bond donors (Lipinski definition) is 1. The van der Waals surface area contributed by atoms with E-state index in [1.54, 1.807) is 0 Å². The highest BCUT2D eigenvalue weighted by Crippen LogP contribution is 2.36. The molecule has 1 aliphatic heterocycles. The van der Waals surface area contributed by atoms with Gasteiger partial charge in [0.25, 0.3) is 0 Å². The lowest BCUT2D eigenvalue weighted by atomic mass is 9.91. The summed E-state index contributed by atoms with van der Waals surface area (Å²) in [5, 5.41) is 2.80. The predicted octanol–water partition coefficient (Wildman–Crippen LogP) is 3.08. The highest BCUT2D eigenvalue weighted by Gasteiger charge is 2.30. The second kappa shape index (κ2) is 6.09. The first-order valence-electron chi connectivity index (χ1n) is 8.25. The van der Waals surface area contributed by atoms with E-state index >= 15 is 0 Å². The predicted molar refractivity (Wildman–Crippen MR) is 91.1 cm³/mol. The number of pyridine rings is 1. The summed E-state index contributed by atoms with van der Waals surface area (Å²) in [4.78, 5) is 16.8. The minimum absolute atomic E-state index is 0.0832. The first kappa shape index (κ1) is 16.5. The Labute approximate surface area is 148 Å². The smallest absolute Gasteiger partial charge is 0.221 e. The minimum Gasteiger partial charge on any atom is -0.491 e. The molecule has 3 aromatic rings. The first-order chi connectivity index (χ1) is 12.5. The van der Waals surface area contributed by atoms with Gasteiger partial charge in [-0.15, -0.1) is 0 Å². The summed E-state index contributed by atoms with van der Waals surface area (Å²) in [7, 11) is 1.21. The quantitative estimate of drug-likeness (QED) is 0.767. The fraction of sp³-hybridized carbons (Fsp3) is 0.263. The maximum Gasteiger partial charge on any atom is 0.221 e. The van der Waals surface area contributed by atoms with E-state index in [4.69, 9.17) is 4.74 Å². The van der Waals surface area contributed by atoms with Crippen LogP contribution in [0.2, 0.25) is 0 Å². The Morgan fingerprint density at radius 1 is 1.27 bits per heavy atom. The van der Waals surface area contributed by atoms with Crippen LogP contribution in [0.5, 0.6) is 5.75 Å². The van der Waals surface area contributed by atoms with Crippen molar-refractivity contribution in [1.82, 2.24) is 14.7 Å². The zero-order valence-electron chi connectivity index (χ0n) is 14.3. The van der Waals surface area contributed by atoms with Crippen LogP contribution in [0.1, 0.15) is 34.9 Å². The molecule has 134 valence electrons. The lowest BCUT2D eigenvalue weighted by molar-refractivity contribution is -0.121. The minimum atomic E-state index is -0.793. The van der Waals surface area contributed by atoms with Gasteiger partial charge in [0.15, 0.2) is 17.4 Å². The fourth-order valence-corrected chi connectivity index (χ4v) is 3.50. The largest absolute Gasteiger partial charge is 0.491 e. The third-order valence-electron chi connectivity index (χ3n) is 4.69. The molecular weight excluding hydrogens is 340 g/mol. The van der Waals surface area contributed by atoms with E-state index in [1.807, 2.05) is 29.7 Å². The van der Waals surface area contributed by atoms with E-state index < -0.39 is 23.3 Å². The molecule has 1 aliphatic rings. The Morgan fingerprint density at radius 2 is 2.00 bits per heavy atom. The van der Waals surface area contributed by atoms with E-state index in [1.165, 1.54) is 19.2 Å². The van der Waals surface area contributed by atoms with Gasteiger partial charge in [0, 0.05) is 18.5 Å². The van der Waals surface area contributed by atoms with Crippen molar-refractivity contribution in [2.24, 2.45) is 0 Å². The highest BCUT2D eigenvalue weighted by molar-refractivity contribution is 5.78.